The highest BCUT2D eigenvalue weighted by Crippen LogP contribution is 2.27. The minimum absolute atomic E-state index is 0.0281. The molecule has 0 saturated carbocycles. The first-order valence-corrected chi connectivity index (χ1v) is 10.6. The van der Waals surface area contributed by atoms with Gasteiger partial charge < -0.3 is 15.3 Å². The van der Waals surface area contributed by atoms with E-state index in [1.54, 1.807) is 24.3 Å². The van der Waals surface area contributed by atoms with Gasteiger partial charge in [0, 0.05) is 40.0 Å². The third-order valence-corrected chi connectivity index (χ3v) is 5.77. The van der Waals surface area contributed by atoms with Gasteiger partial charge in [0.15, 0.2) is 5.69 Å². The highest BCUT2D eigenvalue weighted by molar-refractivity contribution is 7.09. The van der Waals surface area contributed by atoms with E-state index >= 15 is 0 Å². The molecular weight excluding hydrogens is 455 g/mol. The van der Waals surface area contributed by atoms with E-state index in [0.29, 0.717) is 33.2 Å². The Hall–Kier alpha value is -3.99. The molecule has 5 rings (SSSR count). The summed E-state index contributed by atoms with van der Waals surface area (Å²) < 4.78 is 37.8. The first-order valence-electron chi connectivity index (χ1n) is 9.67. The molecule has 5 aromatic rings. The number of hydrogen-bond donors (Lipinski definition) is 3. The molecule has 33 heavy (non-hydrogen) atoms. The molecule has 0 aliphatic carbocycles. The molecule has 166 valence electrons. The number of benzene rings is 1. The monoisotopic (exact) mass is 469 g/mol. The maximum absolute atomic E-state index is 12.6. The van der Waals surface area contributed by atoms with Crippen LogP contribution in [0.25, 0.3) is 33.3 Å². The summed E-state index contributed by atoms with van der Waals surface area (Å²) in [5.74, 6) is -0.393. The van der Waals surface area contributed by atoms with E-state index in [9.17, 15) is 22.8 Å². The maximum Gasteiger partial charge on any atom is 0.433 e. The van der Waals surface area contributed by atoms with Gasteiger partial charge in [-0.15, -0.1) is 11.3 Å². The van der Waals surface area contributed by atoms with Crippen LogP contribution < -0.4 is 10.9 Å². The van der Waals surface area contributed by atoms with Crippen molar-refractivity contribution in [3.05, 3.63) is 80.5 Å². The summed E-state index contributed by atoms with van der Waals surface area (Å²) in [5.41, 5.74) is 2.34. The van der Waals surface area contributed by atoms with Crippen molar-refractivity contribution in [3.63, 3.8) is 0 Å². The van der Waals surface area contributed by atoms with Crippen LogP contribution in [0, 0.1) is 0 Å². The number of halogens is 3. The molecule has 4 aromatic heterocycles. The average Bonchev–Trinajstić information content (AvgIpc) is 3.42. The van der Waals surface area contributed by atoms with Crippen LogP contribution in [0.3, 0.4) is 0 Å². The lowest BCUT2D eigenvalue weighted by molar-refractivity contribution is -0.141. The fraction of sp³-hybridized carbons (Fsp3) is 0.0909. The highest BCUT2D eigenvalue weighted by atomic mass is 32.1. The first kappa shape index (κ1) is 20.9. The number of aromatic amines is 2. The van der Waals surface area contributed by atoms with Crippen LogP contribution >= 0.6 is 11.3 Å². The van der Waals surface area contributed by atoms with Crippen molar-refractivity contribution in [2.24, 2.45) is 0 Å². The van der Waals surface area contributed by atoms with Crippen molar-refractivity contribution in [1.82, 2.24) is 25.3 Å². The Morgan fingerprint density at radius 3 is 2.67 bits per heavy atom. The van der Waals surface area contributed by atoms with E-state index in [4.69, 9.17) is 0 Å². The van der Waals surface area contributed by atoms with Gasteiger partial charge >= 0.3 is 6.18 Å². The summed E-state index contributed by atoms with van der Waals surface area (Å²) in [5, 5.41) is 7.02. The van der Waals surface area contributed by atoms with Crippen molar-refractivity contribution < 1.29 is 18.0 Å². The Bertz CT molecular complexity index is 1550. The summed E-state index contributed by atoms with van der Waals surface area (Å²) in [6, 6.07) is 8.87. The second kappa shape index (κ2) is 7.85. The van der Waals surface area contributed by atoms with Crippen molar-refractivity contribution in [2.45, 2.75) is 12.7 Å². The predicted molar refractivity (Wildman–Crippen MR) is 118 cm³/mol. The van der Waals surface area contributed by atoms with Gasteiger partial charge in [-0.1, -0.05) is 6.07 Å². The molecule has 1 aromatic carbocycles. The number of amides is 1. The molecule has 0 unspecified atom stereocenters. The summed E-state index contributed by atoms with van der Waals surface area (Å²) in [4.78, 5) is 38.7. The Balaban J connectivity index is 1.35. The molecule has 0 radical (unpaired) electrons. The molecule has 0 spiro atoms. The highest BCUT2D eigenvalue weighted by Gasteiger charge is 2.32. The fourth-order valence-electron chi connectivity index (χ4n) is 3.39. The molecule has 3 N–H and O–H groups in total. The van der Waals surface area contributed by atoms with Crippen LogP contribution in [0.1, 0.15) is 21.6 Å². The topological polar surface area (TPSA) is 104 Å². The second-order valence-electron chi connectivity index (χ2n) is 7.30. The van der Waals surface area contributed by atoms with Crippen LogP contribution in [-0.2, 0) is 12.7 Å². The number of hydrogen-bond acceptors (Lipinski definition) is 5. The number of pyridine rings is 1. The lowest BCUT2D eigenvalue weighted by atomic mass is 10.1. The Morgan fingerprint density at radius 2 is 1.91 bits per heavy atom. The number of thiophene rings is 1. The number of rotatable bonds is 4. The lowest BCUT2D eigenvalue weighted by Gasteiger charge is -2.08. The van der Waals surface area contributed by atoms with Crippen LogP contribution in [0.15, 0.2) is 58.1 Å². The standard InChI is InChI=1S/C22H14F3N5O2S/c23-22(24,25)18-4-1-11(7-26-18)8-27-20(31)12-2-3-14-13(5-12)6-15(28-14)19-21(32)30-17-10-33-9-16(17)29-19/h1-7,9-10,28H,8H2,(H,27,31)(H,30,32). The Labute approximate surface area is 187 Å². The zero-order chi connectivity index (χ0) is 23.2. The Morgan fingerprint density at radius 1 is 1.06 bits per heavy atom. The summed E-state index contributed by atoms with van der Waals surface area (Å²) in [6.07, 6.45) is -3.43. The van der Waals surface area contributed by atoms with E-state index in [2.05, 4.69) is 25.3 Å². The molecule has 0 saturated heterocycles. The van der Waals surface area contributed by atoms with Crippen LogP contribution in [0.4, 0.5) is 13.2 Å². The van der Waals surface area contributed by atoms with Gasteiger partial charge in [0.25, 0.3) is 11.5 Å². The quantitative estimate of drug-likeness (QED) is 0.361. The number of fused-ring (bicyclic) bond motifs is 2. The fourth-order valence-corrected chi connectivity index (χ4v) is 4.08. The van der Waals surface area contributed by atoms with Gasteiger partial charge in [-0.3, -0.25) is 14.6 Å². The third-order valence-electron chi connectivity index (χ3n) is 5.04. The van der Waals surface area contributed by atoms with Gasteiger partial charge in [0.1, 0.15) is 5.69 Å². The number of H-pyrrole nitrogens is 2. The zero-order valence-corrected chi connectivity index (χ0v) is 17.5. The number of nitrogens with zero attached hydrogens (tertiary/aromatic N) is 2. The number of nitrogens with one attached hydrogen (secondary N) is 3. The number of carbonyl (C=O) groups excluding carboxylic acids is 1. The largest absolute Gasteiger partial charge is 0.433 e. The van der Waals surface area contributed by atoms with E-state index in [1.165, 1.54) is 17.4 Å². The van der Waals surface area contributed by atoms with E-state index in [0.717, 1.165) is 17.8 Å². The Kier molecular flexibility index (Phi) is 4.97. The minimum atomic E-state index is -4.51. The summed E-state index contributed by atoms with van der Waals surface area (Å²) in [7, 11) is 0. The van der Waals surface area contributed by atoms with E-state index in [1.807, 2.05) is 10.8 Å². The van der Waals surface area contributed by atoms with Gasteiger partial charge in [-0.2, -0.15) is 13.2 Å². The smallest absolute Gasteiger partial charge is 0.353 e. The normalized spacial score (nSPS) is 11.8. The molecule has 7 nitrogen and oxygen atoms in total. The van der Waals surface area contributed by atoms with Gasteiger partial charge in [0.05, 0.1) is 16.7 Å². The van der Waals surface area contributed by atoms with Crippen LogP contribution in [0.2, 0.25) is 0 Å². The van der Waals surface area contributed by atoms with Crippen molar-refractivity contribution >= 4 is 39.2 Å². The van der Waals surface area contributed by atoms with Gasteiger partial charge in [-0.05, 0) is 35.9 Å². The zero-order valence-electron chi connectivity index (χ0n) is 16.7. The van der Waals surface area contributed by atoms with E-state index in [-0.39, 0.29) is 17.8 Å². The SMILES string of the molecule is O=C(NCc1ccc(C(F)(F)F)nc1)c1ccc2[nH]c(-c3nc4cscc4[nH]c3=O)cc2c1. The van der Waals surface area contributed by atoms with E-state index < -0.39 is 17.8 Å². The summed E-state index contributed by atoms with van der Waals surface area (Å²) >= 11 is 1.44. The lowest BCUT2D eigenvalue weighted by Crippen LogP contribution is -2.23. The van der Waals surface area contributed by atoms with Crippen LogP contribution in [-0.4, -0.2) is 25.8 Å². The van der Waals surface area contributed by atoms with Gasteiger partial charge in [-0.25, -0.2) is 4.98 Å². The molecule has 0 aliphatic heterocycles. The summed E-state index contributed by atoms with van der Waals surface area (Å²) in [6.45, 7) is 0.0281. The van der Waals surface area contributed by atoms with Crippen molar-refractivity contribution in [3.8, 4) is 11.4 Å². The second-order valence-corrected chi connectivity index (χ2v) is 8.05. The number of alkyl halides is 3. The number of carbonyl (C=O) groups is 1. The molecule has 4 heterocycles. The van der Waals surface area contributed by atoms with Crippen LogP contribution in [0.5, 0.6) is 0 Å². The third kappa shape index (κ3) is 4.10. The molecular formula is C22H14F3N5O2S. The first-order chi connectivity index (χ1) is 15.8. The molecule has 0 fully saturated rings. The molecule has 0 bridgehead atoms. The molecule has 0 atom stereocenters. The maximum atomic E-state index is 12.6. The van der Waals surface area contributed by atoms with Crippen molar-refractivity contribution in [1.29, 1.82) is 0 Å². The number of aromatic nitrogens is 4. The minimum Gasteiger partial charge on any atom is -0.353 e. The average molecular weight is 469 g/mol. The molecule has 1 amide bonds. The molecule has 11 heteroatoms. The molecule has 0 aliphatic rings. The van der Waals surface area contributed by atoms with Crippen molar-refractivity contribution in [2.75, 3.05) is 0 Å². The van der Waals surface area contributed by atoms with Gasteiger partial charge in [0.2, 0.25) is 0 Å². The predicted octanol–water partition coefficient (Wildman–Crippen LogP) is 4.48.